The number of ether oxygens (including phenoxy) is 1. The highest BCUT2D eigenvalue weighted by Gasteiger charge is 2.29. The summed E-state index contributed by atoms with van der Waals surface area (Å²) in [7, 11) is 0. The molecule has 1 aliphatic heterocycles. The molecule has 1 aromatic rings. The van der Waals surface area contributed by atoms with Gasteiger partial charge in [0.05, 0.1) is 24.9 Å². The van der Waals surface area contributed by atoms with Gasteiger partial charge >= 0.3 is 0 Å². The molecule has 1 saturated heterocycles. The predicted octanol–water partition coefficient (Wildman–Crippen LogP) is 2.46. The molecule has 0 amide bonds. The van der Waals surface area contributed by atoms with Crippen molar-refractivity contribution in [3.63, 3.8) is 0 Å². The van der Waals surface area contributed by atoms with Gasteiger partial charge < -0.3 is 4.74 Å². The van der Waals surface area contributed by atoms with Crippen molar-refractivity contribution in [2.75, 3.05) is 13.2 Å². The first kappa shape index (κ1) is 10.3. The third-order valence-corrected chi connectivity index (χ3v) is 3.75. The first-order valence-corrected chi connectivity index (χ1v) is 6.45. The zero-order valence-electron chi connectivity index (χ0n) is 10.2. The minimum Gasteiger partial charge on any atom is -0.377 e. The number of rotatable bonds is 2. The lowest BCUT2D eigenvalue weighted by Gasteiger charge is -2.28. The Balaban J connectivity index is 2.03. The van der Waals surface area contributed by atoms with E-state index in [1.54, 1.807) is 5.56 Å². The van der Waals surface area contributed by atoms with Crippen LogP contribution in [0.2, 0.25) is 0 Å². The van der Waals surface area contributed by atoms with Crippen LogP contribution in [0, 0.1) is 0 Å². The molecule has 88 valence electrons. The van der Waals surface area contributed by atoms with Gasteiger partial charge in [-0.3, -0.25) is 4.68 Å². The summed E-state index contributed by atoms with van der Waals surface area (Å²) in [4.78, 5) is 0. The lowest BCUT2D eigenvalue weighted by atomic mass is 9.92. The first-order valence-electron chi connectivity index (χ1n) is 6.45. The second kappa shape index (κ2) is 3.88. The minimum absolute atomic E-state index is 0.513. The Kier molecular flexibility index (Phi) is 2.51. The van der Waals surface area contributed by atoms with E-state index in [1.807, 2.05) is 0 Å². The number of hydrogen-bond donors (Lipinski definition) is 0. The lowest BCUT2D eigenvalue weighted by molar-refractivity contribution is -0.0301. The van der Waals surface area contributed by atoms with Crippen LogP contribution in [0.25, 0.3) is 0 Å². The molecule has 16 heavy (non-hydrogen) atoms. The van der Waals surface area contributed by atoms with E-state index in [2.05, 4.69) is 18.5 Å². The largest absolute Gasteiger partial charge is 0.377 e. The van der Waals surface area contributed by atoms with Gasteiger partial charge in [0.25, 0.3) is 0 Å². The molecule has 0 N–H and O–H groups in total. The maximum atomic E-state index is 5.29. The van der Waals surface area contributed by atoms with E-state index < -0.39 is 0 Å². The summed E-state index contributed by atoms with van der Waals surface area (Å²) >= 11 is 0. The molecule has 1 fully saturated rings. The quantitative estimate of drug-likeness (QED) is 0.765. The molecule has 3 rings (SSSR count). The molecule has 0 bridgehead atoms. The summed E-state index contributed by atoms with van der Waals surface area (Å²) < 4.78 is 7.56. The van der Waals surface area contributed by atoms with Crippen molar-refractivity contribution in [3.8, 4) is 0 Å². The van der Waals surface area contributed by atoms with Crippen molar-refractivity contribution in [1.29, 1.82) is 0 Å². The summed E-state index contributed by atoms with van der Waals surface area (Å²) in [6, 6.07) is 0.513. The van der Waals surface area contributed by atoms with Crippen LogP contribution < -0.4 is 0 Å². The molecular formula is C13H20N2O. The van der Waals surface area contributed by atoms with Crippen LogP contribution in [0.1, 0.15) is 55.6 Å². The van der Waals surface area contributed by atoms with E-state index in [0.29, 0.717) is 12.0 Å². The van der Waals surface area contributed by atoms with Gasteiger partial charge in [-0.25, -0.2) is 0 Å². The van der Waals surface area contributed by atoms with E-state index in [1.165, 1.54) is 37.1 Å². The van der Waals surface area contributed by atoms with E-state index in [0.717, 1.165) is 13.2 Å². The lowest BCUT2D eigenvalue weighted by Crippen LogP contribution is -2.32. The summed E-state index contributed by atoms with van der Waals surface area (Å²) in [6.45, 7) is 6.20. The highest BCUT2D eigenvalue weighted by atomic mass is 16.5. The average molecular weight is 220 g/mol. The van der Waals surface area contributed by atoms with Crippen LogP contribution in [0.4, 0.5) is 0 Å². The second-order valence-electron chi connectivity index (χ2n) is 5.31. The van der Waals surface area contributed by atoms with Gasteiger partial charge in [0.15, 0.2) is 0 Å². The molecule has 3 nitrogen and oxygen atoms in total. The Morgan fingerprint density at radius 3 is 2.62 bits per heavy atom. The number of fused-ring (bicyclic) bond motifs is 1. The van der Waals surface area contributed by atoms with Gasteiger partial charge in [0.2, 0.25) is 0 Å². The van der Waals surface area contributed by atoms with Gasteiger partial charge in [-0.15, -0.1) is 0 Å². The number of nitrogens with zero attached hydrogens (tertiary/aromatic N) is 2. The Hall–Kier alpha value is -0.830. The molecule has 2 aliphatic rings. The van der Waals surface area contributed by atoms with Crippen LogP contribution in [0.3, 0.4) is 0 Å². The van der Waals surface area contributed by atoms with E-state index >= 15 is 0 Å². The van der Waals surface area contributed by atoms with E-state index in [9.17, 15) is 0 Å². The SMILES string of the molecule is CC(C)c1nn(C2COC2)c2c1CCCC2. The monoisotopic (exact) mass is 220 g/mol. The van der Waals surface area contributed by atoms with Crippen LogP contribution in [-0.2, 0) is 17.6 Å². The fourth-order valence-electron chi connectivity index (χ4n) is 2.79. The maximum Gasteiger partial charge on any atom is 0.0988 e. The molecule has 0 radical (unpaired) electrons. The number of hydrogen-bond acceptors (Lipinski definition) is 2. The fraction of sp³-hybridized carbons (Fsp3) is 0.769. The Morgan fingerprint density at radius 1 is 1.25 bits per heavy atom. The van der Waals surface area contributed by atoms with Crippen LogP contribution in [0.5, 0.6) is 0 Å². The van der Waals surface area contributed by atoms with Crippen LogP contribution in [-0.4, -0.2) is 23.0 Å². The van der Waals surface area contributed by atoms with Gasteiger partial charge in [0, 0.05) is 5.69 Å². The standard InChI is InChI=1S/C13H20N2O/c1-9(2)13-11-5-3-4-6-12(11)15(14-13)10-7-16-8-10/h9-10H,3-8H2,1-2H3. The summed E-state index contributed by atoms with van der Waals surface area (Å²) in [5.74, 6) is 0.550. The second-order valence-corrected chi connectivity index (χ2v) is 5.31. The van der Waals surface area contributed by atoms with Crippen molar-refractivity contribution in [2.45, 2.75) is 51.5 Å². The van der Waals surface area contributed by atoms with Crippen molar-refractivity contribution in [1.82, 2.24) is 9.78 Å². The molecular weight excluding hydrogens is 200 g/mol. The van der Waals surface area contributed by atoms with Crippen molar-refractivity contribution in [3.05, 3.63) is 17.0 Å². The molecule has 0 spiro atoms. The average Bonchev–Trinajstić information content (AvgIpc) is 2.56. The maximum absolute atomic E-state index is 5.29. The van der Waals surface area contributed by atoms with Crippen molar-refractivity contribution in [2.24, 2.45) is 0 Å². The predicted molar refractivity (Wildman–Crippen MR) is 62.8 cm³/mol. The highest BCUT2D eigenvalue weighted by molar-refractivity contribution is 5.31. The molecule has 0 unspecified atom stereocenters. The molecule has 2 heterocycles. The topological polar surface area (TPSA) is 27.1 Å². The van der Waals surface area contributed by atoms with Gasteiger partial charge in [-0.2, -0.15) is 5.10 Å². The van der Waals surface area contributed by atoms with Crippen molar-refractivity contribution < 1.29 is 4.74 Å². The minimum atomic E-state index is 0.513. The molecule has 0 aromatic carbocycles. The Bertz CT molecular complexity index is 391. The summed E-state index contributed by atoms with van der Waals surface area (Å²) in [5.41, 5.74) is 4.39. The van der Waals surface area contributed by atoms with Gasteiger partial charge in [0.1, 0.15) is 0 Å². The van der Waals surface area contributed by atoms with Gasteiger partial charge in [-0.05, 0) is 37.2 Å². The summed E-state index contributed by atoms with van der Waals surface area (Å²) in [6.07, 6.45) is 5.10. The van der Waals surface area contributed by atoms with E-state index in [-0.39, 0.29) is 0 Å². The third kappa shape index (κ3) is 1.49. The Morgan fingerprint density at radius 2 is 2.00 bits per heavy atom. The Labute approximate surface area is 96.8 Å². The molecule has 1 aromatic heterocycles. The zero-order valence-corrected chi connectivity index (χ0v) is 10.2. The number of aromatic nitrogens is 2. The zero-order chi connectivity index (χ0) is 11.1. The molecule has 3 heteroatoms. The molecule has 1 aliphatic carbocycles. The molecule has 0 atom stereocenters. The fourth-order valence-corrected chi connectivity index (χ4v) is 2.79. The van der Waals surface area contributed by atoms with Crippen LogP contribution in [0.15, 0.2) is 0 Å². The first-order chi connectivity index (χ1) is 7.77. The normalized spacial score (nSPS) is 20.9. The van der Waals surface area contributed by atoms with Crippen molar-refractivity contribution >= 4 is 0 Å². The highest BCUT2D eigenvalue weighted by Crippen LogP contribution is 2.32. The third-order valence-electron chi connectivity index (χ3n) is 3.75. The van der Waals surface area contributed by atoms with Gasteiger partial charge in [-0.1, -0.05) is 13.8 Å². The molecule has 0 saturated carbocycles. The smallest absolute Gasteiger partial charge is 0.0988 e. The summed E-state index contributed by atoms with van der Waals surface area (Å²) in [5, 5.41) is 4.85. The van der Waals surface area contributed by atoms with E-state index in [4.69, 9.17) is 9.84 Å². The van der Waals surface area contributed by atoms with Crippen LogP contribution >= 0.6 is 0 Å².